The number of hydrogen-bond acceptors (Lipinski definition) is 4. The number of esters is 1. The molecule has 16 heavy (non-hydrogen) atoms. The third-order valence-electron chi connectivity index (χ3n) is 2.61. The number of ketones is 1. The molecule has 84 valence electrons. The van der Waals surface area contributed by atoms with Gasteiger partial charge in [0.2, 0.25) is 0 Å². The van der Waals surface area contributed by atoms with E-state index in [9.17, 15) is 9.59 Å². The lowest BCUT2D eigenvalue weighted by Crippen LogP contribution is -2.34. The Labute approximate surface area is 93.2 Å². The topological polar surface area (TPSA) is 52.6 Å². The highest BCUT2D eigenvalue weighted by atomic mass is 16.5. The number of methoxy groups -OCH3 is 1. The van der Waals surface area contributed by atoms with Crippen molar-refractivity contribution in [3.63, 3.8) is 0 Å². The summed E-state index contributed by atoms with van der Waals surface area (Å²) in [4.78, 5) is 23.3. The summed E-state index contributed by atoms with van der Waals surface area (Å²) in [5.74, 6) is -1.07. The van der Waals surface area contributed by atoms with E-state index < -0.39 is 11.9 Å². The van der Waals surface area contributed by atoms with Gasteiger partial charge in [-0.2, -0.15) is 0 Å². The summed E-state index contributed by atoms with van der Waals surface area (Å²) in [6, 6.07) is 5.34. The predicted octanol–water partition coefficient (Wildman–Crippen LogP) is 1.36. The van der Waals surface area contributed by atoms with Crippen LogP contribution in [0.2, 0.25) is 0 Å². The number of benzene rings is 1. The van der Waals surface area contributed by atoms with Gasteiger partial charge in [-0.15, -0.1) is 0 Å². The Kier molecular flexibility index (Phi) is 2.64. The molecule has 0 spiro atoms. The van der Waals surface area contributed by atoms with E-state index in [0.717, 1.165) is 5.56 Å². The number of carbonyl (C=O) groups excluding carboxylic acids is 2. The number of aryl methyl sites for hydroxylation is 1. The first-order valence-electron chi connectivity index (χ1n) is 4.99. The van der Waals surface area contributed by atoms with Gasteiger partial charge in [0.1, 0.15) is 12.4 Å². The number of Topliss-reactive ketones (excluding diaryl/α,β-unsaturated/α-hetero) is 1. The van der Waals surface area contributed by atoms with E-state index in [-0.39, 0.29) is 12.4 Å². The Balaban J connectivity index is 2.38. The zero-order valence-electron chi connectivity index (χ0n) is 9.15. The molecule has 4 heteroatoms. The molecule has 1 atom stereocenters. The first kappa shape index (κ1) is 10.7. The molecule has 0 fully saturated rings. The molecule has 2 rings (SSSR count). The van der Waals surface area contributed by atoms with Crippen molar-refractivity contribution in [3.8, 4) is 5.75 Å². The second-order valence-corrected chi connectivity index (χ2v) is 3.75. The minimum absolute atomic E-state index is 0.0571. The van der Waals surface area contributed by atoms with E-state index in [1.807, 2.05) is 13.0 Å². The van der Waals surface area contributed by atoms with Gasteiger partial charge >= 0.3 is 5.97 Å². The fourth-order valence-corrected chi connectivity index (χ4v) is 1.72. The molecule has 1 unspecified atom stereocenters. The Morgan fingerprint density at radius 1 is 1.50 bits per heavy atom. The van der Waals surface area contributed by atoms with Crippen molar-refractivity contribution < 1.29 is 19.1 Å². The summed E-state index contributed by atoms with van der Waals surface area (Å²) >= 11 is 0. The van der Waals surface area contributed by atoms with Gasteiger partial charge < -0.3 is 9.47 Å². The fraction of sp³-hybridized carbons (Fsp3) is 0.333. The third kappa shape index (κ3) is 1.66. The average molecular weight is 220 g/mol. The van der Waals surface area contributed by atoms with Crippen molar-refractivity contribution in [1.82, 2.24) is 0 Å². The van der Waals surface area contributed by atoms with Crippen LogP contribution in [0.15, 0.2) is 18.2 Å². The normalized spacial score (nSPS) is 18.6. The van der Waals surface area contributed by atoms with Crippen LogP contribution in [0, 0.1) is 12.8 Å². The van der Waals surface area contributed by atoms with Crippen LogP contribution in [-0.4, -0.2) is 25.5 Å². The van der Waals surface area contributed by atoms with Gasteiger partial charge in [0, 0.05) is 0 Å². The maximum absolute atomic E-state index is 12.0. The Morgan fingerprint density at radius 2 is 2.25 bits per heavy atom. The fourth-order valence-electron chi connectivity index (χ4n) is 1.72. The standard InChI is InChI=1S/C12H12O4/c1-7-3-4-10-8(5-7)11(13)9(6-16-10)12(14)15-2/h3-5,9H,6H2,1-2H3. The molecule has 0 aliphatic carbocycles. The summed E-state index contributed by atoms with van der Waals surface area (Å²) in [6.07, 6.45) is 0. The van der Waals surface area contributed by atoms with E-state index in [0.29, 0.717) is 11.3 Å². The zero-order valence-corrected chi connectivity index (χ0v) is 9.15. The van der Waals surface area contributed by atoms with E-state index in [1.165, 1.54) is 7.11 Å². The van der Waals surface area contributed by atoms with Crippen LogP contribution in [-0.2, 0) is 9.53 Å². The summed E-state index contributed by atoms with van der Waals surface area (Å²) < 4.78 is 9.93. The van der Waals surface area contributed by atoms with Crippen molar-refractivity contribution in [1.29, 1.82) is 0 Å². The lowest BCUT2D eigenvalue weighted by molar-refractivity contribution is -0.144. The molecule has 0 aromatic heterocycles. The molecule has 0 saturated carbocycles. The summed E-state index contributed by atoms with van der Waals surface area (Å²) in [5.41, 5.74) is 1.42. The molecule has 0 N–H and O–H groups in total. The van der Waals surface area contributed by atoms with Gasteiger partial charge in [-0.3, -0.25) is 9.59 Å². The molecule has 1 aromatic rings. The van der Waals surface area contributed by atoms with Crippen LogP contribution in [0.4, 0.5) is 0 Å². The molecule has 1 aromatic carbocycles. The van der Waals surface area contributed by atoms with Crippen LogP contribution in [0.25, 0.3) is 0 Å². The van der Waals surface area contributed by atoms with Crippen molar-refractivity contribution in [2.75, 3.05) is 13.7 Å². The molecule has 1 heterocycles. The SMILES string of the molecule is COC(=O)C1COc2ccc(C)cc2C1=O. The Hall–Kier alpha value is -1.84. The van der Waals surface area contributed by atoms with Gasteiger partial charge in [-0.05, 0) is 19.1 Å². The number of fused-ring (bicyclic) bond motifs is 1. The van der Waals surface area contributed by atoms with Crippen LogP contribution >= 0.6 is 0 Å². The smallest absolute Gasteiger partial charge is 0.320 e. The number of ether oxygens (including phenoxy) is 2. The van der Waals surface area contributed by atoms with E-state index >= 15 is 0 Å². The number of hydrogen-bond donors (Lipinski definition) is 0. The van der Waals surface area contributed by atoms with Crippen molar-refractivity contribution in [2.24, 2.45) is 5.92 Å². The first-order chi connectivity index (χ1) is 7.63. The zero-order chi connectivity index (χ0) is 11.7. The average Bonchev–Trinajstić information content (AvgIpc) is 2.29. The van der Waals surface area contributed by atoms with Crippen LogP contribution < -0.4 is 4.74 Å². The molecule has 4 nitrogen and oxygen atoms in total. The largest absolute Gasteiger partial charge is 0.491 e. The highest BCUT2D eigenvalue weighted by Crippen LogP contribution is 2.28. The third-order valence-corrected chi connectivity index (χ3v) is 2.61. The van der Waals surface area contributed by atoms with E-state index in [1.54, 1.807) is 12.1 Å². The van der Waals surface area contributed by atoms with Gasteiger partial charge in [-0.1, -0.05) is 11.6 Å². The summed E-state index contributed by atoms with van der Waals surface area (Å²) in [6.45, 7) is 1.94. The van der Waals surface area contributed by atoms with Gasteiger partial charge in [0.25, 0.3) is 0 Å². The molecule has 0 bridgehead atoms. The highest BCUT2D eigenvalue weighted by Gasteiger charge is 2.35. The minimum atomic E-state index is -0.834. The van der Waals surface area contributed by atoms with Crippen LogP contribution in [0.1, 0.15) is 15.9 Å². The highest BCUT2D eigenvalue weighted by molar-refractivity contribution is 6.11. The van der Waals surface area contributed by atoms with Crippen molar-refractivity contribution in [3.05, 3.63) is 29.3 Å². The van der Waals surface area contributed by atoms with E-state index in [2.05, 4.69) is 4.74 Å². The lowest BCUT2D eigenvalue weighted by atomic mass is 9.94. The second-order valence-electron chi connectivity index (χ2n) is 3.75. The molecule has 0 amide bonds. The monoisotopic (exact) mass is 220 g/mol. The quantitative estimate of drug-likeness (QED) is 0.529. The van der Waals surface area contributed by atoms with Gasteiger partial charge in [0.15, 0.2) is 11.7 Å². The Morgan fingerprint density at radius 3 is 2.94 bits per heavy atom. The second kappa shape index (κ2) is 3.96. The van der Waals surface area contributed by atoms with Crippen molar-refractivity contribution in [2.45, 2.75) is 6.92 Å². The van der Waals surface area contributed by atoms with E-state index in [4.69, 9.17) is 4.74 Å². The van der Waals surface area contributed by atoms with Crippen LogP contribution in [0.3, 0.4) is 0 Å². The molecule has 0 saturated heterocycles. The van der Waals surface area contributed by atoms with Gasteiger partial charge in [0.05, 0.1) is 12.7 Å². The molecule has 1 aliphatic heterocycles. The minimum Gasteiger partial charge on any atom is -0.491 e. The molecular formula is C12H12O4. The van der Waals surface area contributed by atoms with Crippen LogP contribution in [0.5, 0.6) is 5.75 Å². The summed E-state index contributed by atoms with van der Waals surface area (Å²) in [7, 11) is 1.27. The lowest BCUT2D eigenvalue weighted by Gasteiger charge is -2.22. The first-order valence-corrected chi connectivity index (χ1v) is 4.99. The molecule has 0 radical (unpaired) electrons. The Bertz CT molecular complexity index is 450. The number of carbonyl (C=O) groups is 2. The number of rotatable bonds is 1. The predicted molar refractivity (Wildman–Crippen MR) is 56.5 cm³/mol. The van der Waals surface area contributed by atoms with Gasteiger partial charge in [-0.25, -0.2) is 0 Å². The maximum Gasteiger partial charge on any atom is 0.320 e. The van der Waals surface area contributed by atoms with Crippen molar-refractivity contribution >= 4 is 11.8 Å². The molecular weight excluding hydrogens is 208 g/mol. The maximum atomic E-state index is 12.0. The summed E-state index contributed by atoms with van der Waals surface area (Å²) in [5, 5.41) is 0. The molecule has 1 aliphatic rings.